The minimum Gasteiger partial charge on any atom is -0.368 e. The number of thiophene rings is 1. The molecule has 3 amide bonds. The SMILES string of the molecule is O=C(CCCNC(=O)c1cccs1)Nc1ccc(NC(=O)C2CCCO2)cc1C(F)(F)F. The summed E-state index contributed by atoms with van der Waals surface area (Å²) in [5.74, 6) is -1.38. The van der Waals surface area contributed by atoms with E-state index in [1.807, 2.05) is 0 Å². The average molecular weight is 469 g/mol. The van der Waals surface area contributed by atoms with Gasteiger partial charge in [0, 0.05) is 25.3 Å². The van der Waals surface area contributed by atoms with Crippen LogP contribution in [0.15, 0.2) is 35.7 Å². The van der Waals surface area contributed by atoms with Crippen LogP contribution in [0.2, 0.25) is 0 Å². The van der Waals surface area contributed by atoms with E-state index in [0.29, 0.717) is 24.3 Å². The predicted octanol–water partition coefficient (Wildman–Crippen LogP) is 4.03. The summed E-state index contributed by atoms with van der Waals surface area (Å²) in [7, 11) is 0. The lowest BCUT2D eigenvalue weighted by atomic mass is 10.1. The molecule has 0 spiro atoms. The number of carbonyl (C=O) groups excluding carboxylic acids is 3. The van der Waals surface area contributed by atoms with Crippen LogP contribution in [-0.4, -0.2) is 37.0 Å². The van der Waals surface area contributed by atoms with E-state index in [1.165, 1.54) is 17.4 Å². The van der Waals surface area contributed by atoms with E-state index in [2.05, 4.69) is 16.0 Å². The number of nitrogens with one attached hydrogen (secondary N) is 3. The van der Waals surface area contributed by atoms with Crippen LogP contribution in [0.1, 0.15) is 40.9 Å². The molecule has 0 radical (unpaired) electrons. The van der Waals surface area contributed by atoms with Gasteiger partial charge in [0.05, 0.1) is 16.1 Å². The first kappa shape index (κ1) is 23.7. The fourth-order valence-corrected chi connectivity index (χ4v) is 3.77. The van der Waals surface area contributed by atoms with Gasteiger partial charge in [-0.25, -0.2) is 0 Å². The molecule has 7 nitrogen and oxygen atoms in total. The number of halogens is 3. The van der Waals surface area contributed by atoms with Gasteiger partial charge in [-0.3, -0.25) is 14.4 Å². The lowest BCUT2D eigenvalue weighted by Gasteiger charge is -2.17. The standard InChI is InChI=1S/C21H22F3N3O4S/c22-21(23,24)14-12-13(26-19(29)16-4-2-10-31-16)7-8-15(14)27-18(28)6-1-9-25-20(30)17-5-3-11-32-17/h3,5,7-8,11-12,16H,1-2,4,6,9-10H2,(H,25,30)(H,26,29)(H,27,28). The van der Waals surface area contributed by atoms with Crippen molar-refractivity contribution in [2.24, 2.45) is 0 Å². The van der Waals surface area contributed by atoms with Crippen molar-refractivity contribution >= 4 is 40.4 Å². The van der Waals surface area contributed by atoms with Crippen LogP contribution in [-0.2, 0) is 20.5 Å². The maximum atomic E-state index is 13.5. The molecule has 3 N–H and O–H groups in total. The first-order valence-corrected chi connectivity index (χ1v) is 10.9. The Labute approximate surface area is 186 Å². The smallest absolute Gasteiger partial charge is 0.368 e. The number of hydrogen-bond acceptors (Lipinski definition) is 5. The molecule has 0 bridgehead atoms. The predicted molar refractivity (Wildman–Crippen MR) is 114 cm³/mol. The van der Waals surface area contributed by atoms with Gasteiger partial charge in [0.1, 0.15) is 6.10 Å². The van der Waals surface area contributed by atoms with Gasteiger partial charge in [0.25, 0.3) is 11.8 Å². The molecule has 1 unspecified atom stereocenters. The van der Waals surface area contributed by atoms with Crippen molar-refractivity contribution in [2.45, 2.75) is 38.0 Å². The van der Waals surface area contributed by atoms with Gasteiger partial charge in [0.2, 0.25) is 5.91 Å². The van der Waals surface area contributed by atoms with Gasteiger partial charge in [-0.15, -0.1) is 11.3 Å². The average Bonchev–Trinajstić information content (AvgIpc) is 3.45. The van der Waals surface area contributed by atoms with Crippen molar-refractivity contribution < 1.29 is 32.3 Å². The van der Waals surface area contributed by atoms with Gasteiger partial charge in [-0.2, -0.15) is 13.2 Å². The summed E-state index contributed by atoms with van der Waals surface area (Å²) in [4.78, 5) is 36.6. The van der Waals surface area contributed by atoms with E-state index in [4.69, 9.17) is 4.74 Å². The van der Waals surface area contributed by atoms with Gasteiger partial charge in [-0.1, -0.05) is 6.07 Å². The van der Waals surface area contributed by atoms with E-state index >= 15 is 0 Å². The number of amides is 3. The van der Waals surface area contributed by atoms with Crippen LogP contribution >= 0.6 is 11.3 Å². The summed E-state index contributed by atoms with van der Waals surface area (Å²) >= 11 is 1.28. The monoisotopic (exact) mass is 469 g/mol. The molecular formula is C21H22F3N3O4S. The van der Waals surface area contributed by atoms with Gasteiger partial charge in [-0.05, 0) is 48.9 Å². The molecule has 1 aromatic heterocycles. The summed E-state index contributed by atoms with van der Waals surface area (Å²) in [5, 5.41) is 9.10. The molecule has 2 heterocycles. The summed E-state index contributed by atoms with van der Waals surface area (Å²) in [6.45, 7) is 0.652. The maximum absolute atomic E-state index is 13.5. The molecule has 0 aliphatic carbocycles. The summed E-state index contributed by atoms with van der Waals surface area (Å²) in [6.07, 6.45) is -3.99. The molecule has 32 heavy (non-hydrogen) atoms. The minimum atomic E-state index is -4.73. The Morgan fingerprint density at radius 3 is 2.62 bits per heavy atom. The number of ether oxygens (including phenoxy) is 1. The topological polar surface area (TPSA) is 96.5 Å². The Morgan fingerprint density at radius 1 is 1.16 bits per heavy atom. The molecule has 2 aromatic rings. The molecule has 1 aromatic carbocycles. The van der Waals surface area contributed by atoms with Crippen LogP contribution in [0.3, 0.4) is 0 Å². The van der Waals surface area contributed by atoms with Crippen LogP contribution in [0.5, 0.6) is 0 Å². The molecule has 1 saturated heterocycles. The summed E-state index contributed by atoms with van der Waals surface area (Å²) < 4.78 is 45.8. The Balaban J connectivity index is 1.55. The molecule has 3 rings (SSSR count). The highest BCUT2D eigenvalue weighted by molar-refractivity contribution is 7.12. The third kappa shape index (κ3) is 6.54. The quantitative estimate of drug-likeness (QED) is 0.509. The van der Waals surface area contributed by atoms with E-state index in [9.17, 15) is 27.6 Å². The number of alkyl halides is 3. The summed E-state index contributed by atoms with van der Waals surface area (Å²) in [6, 6.07) is 6.58. The summed E-state index contributed by atoms with van der Waals surface area (Å²) in [5.41, 5.74) is -1.51. The van der Waals surface area contributed by atoms with E-state index in [1.54, 1.807) is 17.5 Å². The second-order valence-electron chi connectivity index (χ2n) is 7.13. The molecule has 1 atom stereocenters. The Kier molecular flexibility index (Phi) is 7.86. The molecule has 1 fully saturated rings. The van der Waals surface area contributed by atoms with Gasteiger partial charge in [0.15, 0.2) is 0 Å². The number of anilines is 2. The van der Waals surface area contributed by atoms with Gasteiger partial charge < -0.3 is 20.7 Å². The van der Waals surface area contributed by atoms with E-state index < -0.39 is 35.3 Å². The second-order valence-corrected chi connectivity index (χ2v) is 8.08. The number of benzene rings is 1. The number of carbonyl (C=O) groups is 3. The highest BCUT2D eigenvalue weighted by Gasteiger charge is 2.34. The van der Waals surface area contributed by atoms with Crippen LogP contribution < -0.4 is 16.0 Å². The lowest BCUT2D eigenvalue weighted by molar-refractivity contribution is -0.137. The zero-order chi connectivity index (χ0) is 23.1. The molecular weight excluding hydrogens is 447 g/mol. The zero-order valence-corrected chi connectivity index (χ0v) is 17.8. The second kappa shape index (κ2) is 10.6. The van der Waals surface area contributed by atoms with Crippen LogP contribution in [0, 0.1) is 0 Å². The highest BCUT2D eigenvalue weighted by Crippen LogP contribution is 2.37. The molecule has 0 saturated carbocycles. The van der Waals surface area contributed by atoms with Gasteiger partial charge >= 0.3 is 6.18 Å². The first-order chi connectivity index (χ1) is 15.2. The molecule has 1 aliphatic heterocycles. The van der Waals surface area contributed by atoms with Crippen LogP contribution in [0.4, 0.5) is 24.5 Å². The first-order valence-electron chi connectivity index (χ1n) is 9.99. The maximum Gasteiger partial charge on any atom is 0.418 e. The third-order valence-electron chi connectivity index (χ3n) is 4.70. The molecule has 1 aliphatic rings. The fraction of sp³-hybridized carbons (Fsp3) is 0.381. The van der Waals surface area contributed by atoms with Crippen molar-refractivity contribution in [3.05, 3.63) is 46.2 Å². The number of hydrogen-bond donors (Lipinski definition) is 3. The zero-order valence-electron chi connectivity index (χ0n) is 17.0. The minimum absolute atomic E-state index is 0.0351. The third-order valence-corrected chi connectivity index (χ3v) is 5.57. The molecule has 172 valence electrons. The van der Waals surface area contributed by atoms with Crippen molar-refractivity contribution in [3.63, 3.8) is 0 Å². The van der Waals surface area contributed by atoms with E-state index in [-0.39, 0.29) is 31.0 Å². The van der Waals surface area contributed by atoms with Crippen molar-refractivity contribution in [1.29, 1.82) is 0 Å². The molecule has 11 heteroatoms. The normalized spacial score (nSPS) is 15.9. The Morgan fingerprint density at radius 2 is 1.97 bits per heavy atom. The fourth-order valence-electron chi connectivity index (χ4n) is 3.13. The lowest BCUT2D eigenvalue weighted by Crippen LogP contribution is -2.27. The van der Waals surface area contributed by atoms with Crippen molar-refractivity contribution in [1.82, 2.24) is 5.32 Å². The largest absolute Gasteiger partial charge is 0.418 e. The Bertz CT molecular complexity index is 958. The van der Waals surface area contributed by atoms with Crippen LogP contribution in [0.25, 0.3) is 0 Å². The highest BCUT2D eigenvalue weighted by atomic mass is 32.1. The number of rotatable bonds is 8. The van der Waals surface area contributed by atoms with E-state index in [0.717, 1.165) is 12.1 Å². The Hall–Kier alpha value is -2.92. The van der Waals surface area contributed by atoms with Crippen molar-refractivity contribution in [2.75, 3.05) is 23.8 Å². The van der Waals surface area contributed by atoms with Crippen molar-refractivity contribution in [3.8, 4) is 0 Å².